The number of nitrogen functional groups attached to an aromatic ring is 1. The molecular formula is C26H25ClN4O. The highest BCUT2D eigenvalue weighted by Gasteiger charge is 2.22. The fourth-order valence-corrected chi connectivity index (χ4v) is 3.95. The molecular weight excluding hydrogens is 420 g/mol. The summed E-state index contributed by atoms with van der Waals surface area (Å²) < 4.78 is 0. The van der Waals surface area contributed by atoms with Gasteiger partial charge in [0.2, 0.25) is 5.95 Å². The van der Waals surface area contributed by atoms with Crippen molar-refractivity contribution in [3.63, 3.8) is 0 Å². The summed E-state index contributed by atoms with van der Waals surface area (Å²) in [6, 6.07) is 29.8. The van der Waals surface area contributed by atoms with E-state index in [-0.39, 0.29) is 17.5 Å². The fourth-order valence-electron chi connectivity index (χ4n) is 3.70. The van der Waals surface area contributed by atoms with Gasteiger partial charge >= 0.3 is 0 Å². The fraction of sp³-hybridized carbons (Fsp3) is 0.154. The topological polar surface area (TPSA) is 75.3 Å². The summed E-state index contributed by atoms with van der Waals surface area (Å²) in [6.07, 6.45) is -0.464. The average Bonchev–Trinajstić information content (AvgIpc) is 2.82. The highest BCUT2D eigenvalue weighted by molar-refractivity contribution is 6.30. The molecule has 4 aromatic rings. The van der Waals surface area contributed by atoms with Crippen LogP contribution in [0.15, 0.2) is 91.0 Å². The number of hydrogen-bond acceptors (Lipinski definition) is 5. The van der Waals surface area contributed by atoms with E-state index in [0.717, 1.165) is 16.7 Å². The molecule has 0 amide bonds. The van der Waals surface area contributed by atoms with Crippen molar-refractivity contribution in [3.05, 3.63) is 118 Å². The monoisotopic (exact) mass is 444 g/mol. The van der Waals surface area contributed by atoms with Crippen LogP contribution in [-0.4, -0.2) is 15.1 Å². The van der Waals surface area contributed by atoms with Gasteiger partial charge in [0.1, 0.15) is 11.0 Å². The SMILES string of the molecule is Nc1nc(Cl)c(CC(O)c2ccccc2)c(N(Cc2ccccc2)Cc2ccccc2)n1. The second kappa shape index (κ2) is 10.3. The van der Waals surface area contributed by atoms with E-state index in [9.17, 15) is 5.11 Å². The number of nitrogens with two attached hydrogens (primary N) is 1. The maximum atomic E-state index is 10.9. The maximum Gasteiger partial charge on any atom is 0.223 e. The first-order chi connectivity index (χ1) is 15.6. The molecule has 0 spiro atoms. The van der Waals surface area contributed by atoms with Crippen LogP contribution in [0.4, 0.5) is 11.8 Å². The average molecular weight is 445 g/mol. The normalized spacial score (nSPS) is 11.8. The maximum absolute atomic E-state index is 10.9. The molecule has 5 nitrogen and oxygen atoms in total. The molecule has 0 bridgehead atoms. The summed E-state index contributed by atoms with van der Waals surface area (Å²) in [4.78, 5) is 10.9. The highest BCUT2D eigenvalue weighted by Crippen LogP contribution is 2.32. The van der Waals surface area contributed by atoms with Crippen LogP contribution in [-0.2, 0) is 19.5 Å². The van der Waals surface area contributed by atoms with Crippen LogP contribution in [0.5, 0.6) is 0 Å². The zero-order valence-electron chi connectivity index (χ0n) is 17.6. The number of aliphatic hydroxyl groups excluding tert-OH is 1. The number of halogens is 1. The molecule has 0 aliphatic heterocycles. The number of aliphatic hydroxyl groups is 1. The standard InChI is InChI=1S/C26H25ClN4O/c27-24-22(16-23(32)21-14-8-3-9-15-21)25(30-26(28)29-24)31(17-19-10-4-1-5-11-19)18-20-12-6-2-7-13-20/h1-15,23,32H,16-18H2,(H2,28,29,30). The molecule has 1 aromatic heterocycles. The zero-order chi connectivity index (χ0) is 22.3. The zero-order valence-corrected chi connectivity index (χ0v) is 18.4. The Labute approximate surface area is 193 Å². The number of benzene rings is 3. The molecule has 4 rings (SSSR count). The van der Waals surface area contributed by atoms with Crippen molar-refractivity contribution in [2.75, 3.05) is 10.6 Å². The third-order valence-electron chi connectivity index (χ3n) is 5.27. The second-order valence-electron chi connectivity index (χ2n) is 7.63. The van der Waals surface area contributed by atoms with Gasteiger partial charge in [-0.05, 0) is 16.7 Å². The molecule has 1 heterocycles. The van der Waals surface area contributed by atoms with Gasteiger partial charge in [0, 0.05) is 25.1 Å². The van der Waals surface area contributed by atoms with Crippen molar-refractivity contribution < 1.29 is 5.11 Å². The van der Waals surface area contributed by atoms with Gasteiger partial charge in [0.05, 0.1) is 6.10 Å². The summed E-state index contributed by atoms with van der Waals surface area (Å²) in [7, 11) is 0. The Hall–Kier alpha value is -3.41. The molecule has 0 aliphatic carbocycles. The van der Waals surface area contributed by atoms with E-state index in [1.165, 1.54) is 0 Å². The van der Waals surface area contributed by atoms with Crippen LogP contribution in [0.1, 0.15) is 28.4 Å². The highest BCUT2D eigenvalue weighted by atomic mass is 35.5. The van der Waals surface area contributed by atoms with Gasteiger partial charge in [-0.1, -0.05) is 103 Å². The predicted molar refractivity (Wildman–Crippen MR) is 129 cm³/mol. The first-order valence-electron chi connectivity index (χ1n) is 10.5. The molecule has 0 aliphatic rings. The molecule has 0 saturated heterocycles. The largest absolute Gasteiger partial charge is 0.388 e. The quantitative estimate of drug-likeness (QED) is 0.365. The number of hydrogen-bond donors (Lipinski definition) is 2. The van der Waals surface area contributed by atoms with Gasteiger partial charge in [-0.3, -0.25) is 0 Å². The molecule has 0 radical (unpaired) electrons. The van der Waals surface area contributed by atoms with Gasteiger partial charge in [0.15, 0.2) is 0 Å². The number of aromatic nitrogens is 2. The Morgan fingerprint density at radius 3 is 1.81 bits per heavy atom. The summed E-state index contributed by atoms with van der Waals surface area (Å²) in [5, 5.41) is 11.1. The third-order valence-corrected chi connectivity index (χ3v) is 5.58. The van der Waals surface area contributed by atoms with E-state index in [1.54, 1.807) is 0 Å². The molecule has 162 valence electrons. The van der Waals surface area contributed by atoms with Crippen molar-refractivity contribution in [1.82, 2.24) is 9.97 Å². The molecule has 3 N–H and O–H groups in total. The van der Waals surface area contributed by atoms with Crippen molar-refractivity contribution in [1.29, 1.82) is 0 Å². The van der Waals surface area contributed by atoms with Crippen LogP contribution in [0.3, 0.4) is 0 Å². The van der Waals surface area contributed by atoms with E-state index in [1.807, 2.05) is 66.7 Å². The van der Waals surface area contributed by atoms with Crippen LogP contribution in [0.2, 0.25) is 5.15 Å². The number of rotatable bonds is 8. The minimum absolute atomic E-state index is 0.106. The lowest BCUT2D eigenvalue weighted by Crippen LogP contribution is -2.26. The summed E-state index contributed by atoms with van der Waals surface area (Å²) in [5.74, 6) is 0.735. The molecule has 6 heteroatoms. The third kappa shape index (κ3) is 5.44. The summed E-state index contributed by atoms with van der Waals surface area (Å²) in [6.45, 7) is 1.22. The van der Waals surface area contributed by atoms with Crippen molar-refractivity contribution in [2.24, 2.45) is 0 Å². The van der Waals surface area contributed by atoms with Crippen LogP contribution >= 0.6 is 11.6 Å². The van der Waals surface area contributed by atoms with Crippen molar-refractivity contribution in [3.8, 4) is 0 Å². The number of anilines is 2. The lowest BCUT2D eigenvalue weighted by molar-refractivity contribution is 0.178. The van der Waals surface area contributed by atoms with Gasteiger partial charge < -0.3 is 15.7 Å². The van der Waals surface area contributed by atoms with E-state index >= 15 is 0 Å². The number of nitrogens with zero attached hydrogens (tertiary/aromatic N) is 3. The van der Waals surface area contributed by atoms with Crippen LogP contribution in [0, 0.1) is 0 Å². The summed E-state index contributed by atoms with van der Waals surface area (Å²) >= 11 is 6.55. The van der Waals surface area contributed by atoms with Crippen LogP contribution in [0.25, 0.3) is 0 Å². The predicted octanol–water partition coefficient (Wildman–Crippen LogP) is 5.20. The molecule has 32 heavy (non-hydrogen) atoms. The molecule has 1 atom stereocenters. The van der Waals surface area contributed by atoms with E-state index in [0.29, 0.717) is 24.5 Å². The minimum Gasteiger partial charge on any atom is -0.388 e. The van der Waals surface area contributed by atoms with Crippen LogP contribution < -0.4 is 10.6 Å². The molecule has 0 saturated carbocycles. The van der Waals surface area contributed by atoms with E-state index < -0.39 is 6.10 Å². The Bertz CT molecular complexity index is 1100. The van der Waals surface area contributed by atoms with Gasteiger partial charge in [0.25, 0.3) is 0 Å². The van der Waals surface area contributed by atoms with Gasteiger partial charge in [-0.2, -0.15) is 4.98 Å². The molecule has 3 aromatic carbocycles. The smallest absolute Gasteiger partial charge is 0.223 e. The Kier molecular flexibility index (Phi) is 7.00. The lowest BCUT2D eigenvalue weighted by Gasteiger charge is -2.27. The Morgan fingerprint density at radius 2 is 1.28 bits per heavy atom. The van der Waals surface area contributed by atoms with Gasteiger partial charge in [-0.25, -0.2) is 4.98 Å². The molecule has 0 fully saturated rings. The Morgan fingerprint density at radius 1 is 0.781 bits per heavy atom. The van der Waals surface area contributed by atoms with Crippen molar-refractivity contribution in [2.45, 2.75) is 25.6 Å². The second-order valence-corrected chi connectivity index (χ2v) is 7.99. The first kappa shape index (κ1) is 21.8. The lowest BCUT2D eigenvalue weighted by atomic mass is 10.0. The summed E-state index contributed by atoms with van der Waals surface area (Å²) in [5.41, 5.74) is 9.74. The van der Waals surface area contributed by atoms with E-state index in [2.05, 4.69) is 39.1 Å². The first-order valence-corrected chi connectivity index (χ1v) is 10.9. The van der Waals surface area contributed by atoms with Gasteiger partial charge in [-0.15, -0.1) is 0 Å². The Balaban J connectivity index is 1.73. The van der Waals surface area contributed by atoms with E-state index in [4.69, 9.17) is 17.3 Å². The minimum atomic E-state index is -0.741. The molecule has 1 unspecified atom stereocenters. The van der Waals surface area contributed by atoms with Crippen molar-refractivity contribution >= 4 is 23.4 Å².